The van der Waals surface area contributed by atoms with Crippen LogP contribution in [0.5, 0.6) is 0 Å². The quantitative estimate of drug-likeness (QED) is 0.581. The minimum absolute atomic E-state index is 0. The second kappa shape index (κ2) is 5.27. The fourth-order valence-corrected chi connectivity index (χ4v) is 2.96. The summed E-state index contributed by atoms with van der Waals surface area (Å²) < 4.78 is 13.6. The van der Waals surface area contributed by atoms with Crippen LogP contribution < -0.4 is 0 Å². The average molecular weight is 256 g/mol. The molecule has 0 aromatic heterocycles. The Morgan fingerprint density at radius 3 is 2.41 bits per heavy atom. The maximum Gasteiger partial charge on any atom is 0.127 e. The Hall–Kier alpha value is -1.42. The number of fused-ring (bicyclic) bond motifs is 2. The normalized spacial score (nSPS) is 11.6. The number of hydrogen-bond acceptors (Lipinski definition) is 1. The third-order valence-electron chi connectivity index (χ3n) is 2.64. The molecule has 0 spiro atoms. The largest absolute Gasteiger partial charge is 0.269 e. The molecule has 0 amide bonds. The molecule has 0 saturated carbocycles. The van der Waals surface area contributed by atoms with Crippen LogP contribution in [0, 0.1) is 5.82 Å². The minimum atomic E-state index is -0.0884. The van der Waals surface area contributed by atoms with Gasteiger partial charge in [-0.2, -0.15) is 0 Å². The molecular weight excluding hydrogens is 245 g/mol. The average Bonchev–Trinajstić information content (AvgIpc) is 2.27. The van der Waals surface area contributed by atoms with Crippen LogP contribution in [0.3, 0.4) is 0 Å². The molecule has 0 N–H and O–H groups in total. The highest BCUT2D eigenvalue weighted by Gasteiger charge is 2.17. The molecule has 0 aliphatic carbocycles. The lowest BCUT2D eigenvalue weighted by atomic mass is 10.0. The predicted octanol–water partition coefficient (Wildman–Crippen LogP) is 4.19. The maximum absolute atomic E-state index is 13.6. The van der Waals surface area contributed by atoms with E-state index in [4.69, 9.17) is 0 Å². The third-order valence-corrected chi connectivity index (χ3v) is 3.86. The molecule has 0 radical (unpaired) electrons. The van der Waals surface area contributed by atoms with Crippen molar-refractivity contribution in [1.82, 2.24) is 0 Å². The number of halogens is 3. The van der Waals surface area contributed by atoms with E-state index in [2.05, 4.69) is 12.1 Å². The third kappa shape index (κ3) is 2.31. The Morgan fingerprint density at radius 2 is 1.59 bits per heavy atom. The summed E-state index contributed by atoms with van der Waals surface area (Å²) in [5, 5.41) is 0. The SMILES string of the molecule is F.F.Fc1cccc2c1Cc1ccccc1S2. The first kappa shape index (κ1) is 13.6. The van der Waals surface area contributed by atoms with Crippen LogP contribution in [-0.2, 0) is 6.42 Å². The van der Waals surface area contributed by atoms with Crippen molar-refractivity contribution in [3.05, 3.63) is 59.4 Å². The first-order valence-corrected chi connectivity index (χ1v) is 5.69. The number of benzene rings is 2. The smallest absolute Gasteiger partial charge is 0.127 e. The van der Waals surface area contributed by atoms with Gasteiger partial charge in [0.15, 0.2) is 0 Å². The molecule has 17 heavy (non-hydrogen) atoms. The highest BCUT2D eigenvalue weighted by molar-refractivity contribution is 7.99. The lowest BCUT2D eigenvalue weighted by molar-refractivity contribution is 0.607. The lowest BCUT2D eigenvalue weighted by Crippen LogP contribution is -2.01. The molecule has 0 unspecified atom stereocenters. The van der Waals surface area contributed by atoms with Gasteiger partial charge in [0.05, 0.1) is 0 Å². The van der Waals surface area contributed by atoms with Crippen molar-refractivity contribution in [1.29, 1.82) is 0 Å². The zero-order valence-corrected chi connectivity index (χ0v) is 9.67. The second-order valence-electron chi connectivity index (χ2n) is 3.60. The fourth-order valence-electron chi connectivity index (χ4n) is 1.86. The molecule has 4 heteroatoms. The van der Waals surface area contributed by atoms with Crippen molar-refractivity contribution in [2.45, 2.75) is 16.2 Å². The number of hydrogen-bond donors (Lipinski definition) is 0. The van der Waals surface area contributed by atoms with E-state index in [9.17, 15) is 4.39 Å². The van der Waals surface area contributed by atoms with Crippen LogP contribution in [0.25, 0.3) is 0 Å². The first-order valence-electron chi connectivity index (χ1n) is 4.88. The summed E-state index contributed by atoms with van der Waals surface area (Å²) in [6.07, 6.45) is 0.713. The highest BCUT2D eigenvalue weighted by Crippen LogP contribution is 2.39. The predicted molar refractivity (Wildman–Crippen MR) is 64.8 cm³/mol. The van der Waals surface area contributed by atoms with Gasteiger partial charge in [-0.15, -0.1) is 0 Å². The molecule has 1 heterocycles. The van der Waals surface area contributed by atoms with Crippen LogP contribution in [0.4, 0.5) is 13.8 Å². The van der Waals surface area contributed by atoms with E-state index in [0.29, 0.717) is 6.42 Å². The van der Waals surface area contributed by atoms with Crippen molar-refractivity contribution in [2.24, 2.45) is 0 Å². The van der Waals surface area contributed by atoms with Crippen LogP contribution in [0.15, 0.2) is 52.3 Å². The molecule has 3 rings (SSSR count). The van der Waals surface area contributed by atoms with Crippen molar-refractivity contribution >= 4 is 11.8 Å². The van der Waals surface area contributed by atoms with Gasteiger partial charge in [0.25, 0.3) is 0 Å². The van der Waals surface area contributed by atoms with Gasteiger partial charge in [-0.1, -0.05) is 36.0 Å². The number of rotatable bonds is 0. The monoisotopic (exact) mass is 256 g/mol. The van der Waals surface area contributed by atoms with E-state index in [1.807, 2.05) is 18.2 Å². The standard InChI is InChI=1S/C13H9FS.2FH/c14-11-5-3-7-13-10(11)8-9-4-1-2-6-12(9)15-13;;/h1-7H,8H2;2*1H. The zero-order valence-electron chi connectivity index (χ0n) is 8.85. The van der Waals surface area contributed by atoms with Crippen LogP contribution in [0.1, 0.15) is 11.1 Å². The van der Waals surface area contributed by atoms with E-state index < -0.39 is 0 Å². The summed E-state index contributed by atoms with van der Waals surface area (Å²) in [6.45, 7) is 0. The fraction of sp³-hybridized carbons (Fsp3) is 0.0769. The lowest BCUT2D eigenvalue weighted by Gasteiger charge is -2.18. The van der Waals surface area contributed by atoms with E-state index in [1.165, 1.54) is 16.5 Å². The van der Waals surface area contributed by atoms with Gasteiger partial charge in [-0.3, -0.25) is 9.41 Å². The molecule has 2 aromatic carbocycles. The van der Waals surface area contributed by atoms with Gasteiger partial charge in [0.2, 0.25) is 0 Å². The Labute approximate surface area is 102 Å². The van der Waals surface area contributed by atoms with Gasteiger partial charge in [-0.25, -0.2) is 4.39 Å². The van der Waals surface area contributed by atoms with E-state index >= 15 is 0 Å². The van der Waals surface area contributed by atoms with Gasteiger partial charge >= 0.3 is 0 Å². The van der Waals surface area contributed by atoms with Crippen molar-refractivity contribution in [3.63, 3.8) is 0 Å². The van der Waals surface area contributed by atoms with Crippen LogP contribution in [0.2, 0.25) is 0 Å². The Kier molecular flexibility index (Phi) is 4.23. The van der Waals surface area contributed by atoms with E-state index in [1.54, 1.807) is 17.8 Å². The van der Waals surface area contributed by atoms with E-state index in [-0.39, 0.29) is 15.2 Å². The Morgan fingerprint density at radius 1 is 0.882 bits per heavy atom. The first-order chi connectivity index (χ1) is 7.34. The van der Waals surface area contributed by atoms with Crippen molar-refractivity contribution < 1.29 is 13.8 Å². The van der Waals surface area contributed by atoms with Gasteiger partial charge in [-0.05, 0) is 23.8 Å². The molecule has 1 aliphatic heterocycles. The molecule has 2 aromatic rings. The molecule has 0 nitrogen and oxygen atoms in total. The van der Waals surface area contributed by atoms with Crippen molar-refractivity contribution in [3.8, 4) is 0 Å². The second-order valence-corrected chi connectivity index (χ2v) is 4.69. The maximum atomic E-state index is 13.6. The molecule has 0 fully saturated rings. The van der Waals surface area contributed by atoms with Crippen molar-refractivity contribution in [2.75, 3.05) is 0 Å². The molecule has 0 atom stereocenters. The minimum Gasteiger partial charge on any atom is -0.269 e. The molecule has 0 bridgehead atoms. The van der Waals surface area contributed by atoms with Gasteiger partial charge < -0.3 is 0 Å². The topological polar surface area (TPSA) is 0 Å². The summed E-state index contributed by atoms with van der Waals surface area (Å²) in [4.78, 5) is 2.30. The highest BCUT2D eigenvalue weighted by atomic mass is 32.2. The molecule has 0 saturated heterocycles. The van der Waals surface area contributed by atoms with E-state index in [0.717, 1.165) is 10.5 Å². The van der Waals surface area contributed by atoms with Crippen LogP contribution in [-0.4, -0.2) is 0 Å². The van der Waals surface area contributed by atoms with Gasteiger partial charge in [0.1, 0.15) is 5.82 Å². The summed E-state index contributed by atoms with van der Waals surface area (Å²) in [7, 11) is 0. The zero-order chi connectivity index (χ0) is 10.3. The molecule has 90 valence electrons. The van der Waals surface area contributed by atoms with Crippen LogP contribution >= 0.6 is 11.8 Å². The Balaban J connectivity index is 0.000000722. The summed E-state index contributed by atoms with van der Waals surface area (Å²) in [5.41, 5.74) is 2.06. The Bertz CT molecular complexity index is 526. The molecular formula is C13H11F3S. The summed E-state index contributed by atoms with van der Waals surface area (Å²) >= 11 is 1.66. The van der Waals surface area contributed by atoms with Gasteiger partial charge in [0, 0.05) is 21.8 Å². The summed E-state index contributed by atoms with van der Waals surface area (Å²) in [6, 6.07) is 13.5. The summed E-state index contributed by atoms with van der Waals surface area (Å²) in [5.74, 6) is -0.0884. The molecule has 1 aliphatic rings.